The third kappa shape index (κ3) is 4.72. The molecule has 2 aromatic carbocycles. The smallest absolute Gasteiger partial charge is 0.126 e. The lowest BCUT2D eigenvalue weighted by Crippen LogP contribution is -2.00. The minimum Gasteiger partial charge on any atom is -0.207 e. The van der Waals surface area contributed by atoms with Crippen LogP contribution in [0, 0.1) is 39.3 Å². The minimum atomic E-state index is -0.120. The van der Waals surface area contributed by atoms with Gasteiger partial charge in [-0.3, -0.25) is 0 Å². The molecule has 0 bridgehead atoms. The molecule has 1 unspecified atom stereocenters. The highest BCUT2D eigenvalue weighted by atomic mass is 31.0. The molecule has 0 amide bonds. The van der Waals surface area contributed by atoms with E-state index < -0.39 is 0 Å². The van der Waals surface area contributed by atoms with E-state index >= 15 is 0 Å². The second kappa shape index (κ2) is 6.77. The van der Waals surface area contributed by atoms with Gasteiger partial charge in [0.05, 0.1) is 0 Å². The molecule has 102 valence electrons. The highest BCUT2D eigenvalue weighted by Crippen LogP contribution is 2.08. The van der Waals surface area contributed by atoms with Gasteiger partial charge in [-0.25, -0.2) is 8.78 Å². The lowest BCUT2D eigenvalue weighted by Gasteiger charge is -2.01. The van der Waals surface area contributed by atoms with E-state index in [0.29, 0.717) is 5.56 Å². The molecule has 0 heterocycles. The van der Waals surface area contributed by atoms with Crippen molar-refractivity contribution in [2.45, 2.75) is 27.7 Å². The van der Waals surface area contributed by atoms with Crippen LogP contribution in [0.3, 0.4) is 0 Å². The van der Waals surface area contributed by atoms with Crippen LogP contribution in [0.2, 0.25) is 0 Å². The maximum absolute atomic E-state index is 12.8. The summed E-state index contributed by atoms with van der Waals surface area (Å²) in [7, 11) is 2.52. The van der Waals surface area contributed by atoms with Crippen molar-refractivity contribution in [3.8, 4) is 0 Å². The van der Waals surface area contributed by atoms with E-state index in [1.54, 1.807) is 26.0 Å². The van der Waals surface area contributed by atoms with Crippen molar-refractivity contribution in [1.82, 2.24) is 0 Å². The molecule has 0 nitrogen and oxygen atoms in total. The van der Waals surface area contributed by atoms with Crippen LogP contribution >= 0.6 is 9.24 Å². The topological polar surface area (TPSA) is 0 Å². The molecular weight excluding hydrogens is 261 g/mol. The molecule has 0 aliphatic carbocycles. The number of halogens is 2. The number of hydrogen-bond acceptors (Lipinski definition) is 0. The van der Waals surface area contributed by atoms with Crippen molar-refractivity contribution in [1.29, 1.82) is 0 Å². The molecule has 3 heteroatoms. The van der Waals surface area contributed by atoms with E-state index in [9.17, 15) is 8.78 Å². The first-order valence-electron chi connectivity index (χ1n) is 6.06. The van der Waals surface area contributed by atoms with Crippen LogP contribution in [-0.2, 0) is 0 Å². The van der Waals surface area contributed by atoms with Gasteiger partial charge in [-0.15, -0.1) is 9.24 Å². The number of aryl methyl sites for hydroxylation is 3. The van der Waals surface area contributed by atoms with Crippen molar-refractivity contribution in [3.05, 3.63) is 64.2 Å². The average molecular weight is 280 g/mol. The molecule has 1 atom stereocenters. The van der Waals surface area contributed by atoms with Gasteiger partial charge in [0.15, 0.2) is 0 Å². The van der Waals surface area contributed by atoms with Crippen molar-refractivity contribution >= 4 is 14.5 Å². The van der Waals surface area contributed by atoms with Crippen molar-refractivity contribution in [2.24, 2.45) is 0 Å². The summed E-state index contributed by atoms with van der Waals surface area (Å²) in [5.74, 6) is -0.236. The molecule has 2 rings (SSSR count). The molecule has 0 saturated heterocycles. The first-order valence-corrected chi connectivity index (χ1v) is 6.64. The molecule has 0 aliphatic rings. The Bertz CT molecular complexity index is 554. The molecule has 0 aliphatic heterocycles. The van der Waals surface area contributed by atoms with Gasteiger partial charge in [-0.2, -0.15) is 0 Å². The van der Waals surface area contributed by atoms with E-state index in [0.717, 1.165) is 22.0 Å². The zero-order valence-corrected chi connectivity index (χ0v) is 12.9. The van der Waals surface area contributed by atoms with Gasteiger partial charge in [0.25, 0.3) is 0 Å². The number of hydrogen-bond donors (Lipinski definition) is 0. The molecule has 0 spiro atoms. The Morgan fingerprint density at radius 1 is 0.789 bits per heavy atom. The zero-order chi connectivity index (χ0) is 14.6. The third-order valence-electron chi connectivity index (χ3n) is 2.86. The number of benzene rings is 2. The largest absolute Gasteiger partial charge is 0.207 e. The van der Waals surface area contributed by atoms with Gasteiger partial charge in [0, 0.05) is 0 Å². The first kappa shape index (κ1) is 15.8. The maximum Gasteiger partial charge on any atom is 0.126 e. The molecular formula is C16H19F2P. The van der Waals surface area contributed by atoms with Crippen molar-refractivity contribution in [2.75, 3.05) is 0 Å². The monoisotopic (exact) mass is 280 g/mol. The molecule has 0 aromatic heterocycles. The summed E-state index contributed by atoms with van der Waals surface area (Å²) >= 11 is 0. The van der Waals surface area contributed by atoms with Crippen LogP contribution < -0.4 is 5.30 Å². The van der Waals surface area contributed by atoms with Gasteiger partial charge < -0.3 is 0 Å². The SMILES string of the molecule is Cc1cc(F)c(C)c(P)c1.Cc1ccc(C)c(F)c1. The lowest BCUT2D eigenvalue weighted by molar-refractivity contribution is 0.617. The average Bonchev–Trinajstić information content (AvgIpc) is 2.32. The lowest BCUT2D eigenvalue weighted by atomic mass is 10.1. The summed E-state index contributed by atoms with van der Waals surface area (Å²) in [4.78, 5) is 0. The predicted molar refractivity (Wildman–Crippen MR) is 81.1 cm³/mol. The van der Waals surface area contributed by atoms with Crippen LogP contribution in [-0.4, -0.2) is 0 Å². The Morgan fingerprint density at radius 3 is 1.84 bits per heavy atom. The second-order valence-corrected chi connectivity index (χ2v) is 5.34. The Kier molecular flexibility index (Phi) is 5.62. The van der Waals surface area contributed by atoms with E-state index in [1.807, 2.05) is 26.0 Å². The van der Waals surface area contributed by atoms with Gasteiger partial charge in [0.2, 0.25) is 0 Å². The molecule has 0 fully saturated rings. The van der Waals surface area contributed by atoms with E-state index in [4.69, 9.17) is 0 Å². The van der Waals surface area contributed by atoms with Gasteiger partial charge in [-0.1, -0.05) is 18.2 Å². The number of rotatable bonds is 0. The Hall–Kier alpha value is -1.27. The summed E-state index contributed by atoms with van der Waals surface area (Å²) in [5.41, 5.74) is 3.36. The molecule has 2 aromatic rings. The maximum atomic E-state index is 12.8. The van der Waals surface area contributed by atoms with E-state index in [1.165, 1.54) is 6.07 Å². The van der Waals surface area contributed by atoms with Gasteiger partial charge >= 0.3 is 0 Å². The van der Waals surface area contributed by atoms with Gasteiger partial charge in [0.1, 0.15) is 11.6 Å². The van der Waals surface area contributed by atoms with Gasteiger partial charge in [-0.05, 0) is 67.4 Å². The van der Waals surface area contributed by atoms with Crippen LogP contribution in [0.4, 0.5) is 8.78 Å². The standard InChI is InChI=1S/C8H10FP.C8H9F/c1-5-3-7(9)6(2)8(10)4-5;1-6-3-4-7(2)8(9)5-6/h3-4H,10H2,1-2H3;3-5H,1-2H3. The Labute approximate surface area is 116 Å². The van der Waals surface area contributed by atoms with Crippen LogP contribution in [0.1, 0.15) is 22.3 Å². The summed E-state index contributed by atoms with van der Waals surface area (Å²) in [6.07, 6.45) is 0. The first-order chi connectivity index (χ1) is 8.81. The molecule has 19 heavy (non-hydrogen) atoms. The van der Waals surface area contributed by atoms with Crippen molar-refractivity contribution < 1.29 is 8.78 Å². The fraction of sp³-hybridized carbons (Fsp3) is 0.250. The summed E-state index contributed by atoms with van der Waals surface area (Å²) in [6.45, 7) is 7.30. The molecule has 0 N–H and O–H groups in total. The van der Waals surface area contributed by atoms with Crippen LogP contribution in [0.5, 0.6) is 0 Å². The highest BCUT2D eigenvalue weighted by Gasteiger charge is 1.99. The fourth-order valence-corrected chi connectivity index (χ4v) is 1.94. The van der Waals surface area contributed by atoms with Crippen LogP contribution in [0.15, 0.2) is 30.3 Å². The molecule has 0 saturated carbocycles. The van der Waals surface area contributed by atoms with E-state index in [2.05, 4.69) is 9.24 Å². The van der Waals surface area contributed by atoms with Crippen LogP contribution in [0.25, 0.3) is 0 Å². The van der Waals surface area contributed by atoms with E-state index in [-0.39, 0.29) is 11.6 Å². The highest BCUT2D eigenvalue weighted by molar-refractivity contribution is 7.27. The quantitative estimate of drug-likeness (QED) is 0.628. The third-order valence-corrected chi connectivity index (χ3v) is 3.46. The predicted octanol–water partition coefficient (Wildman–Crippen LogP) is 4.39. The summed E-state index contributed by atoms with van der Waals surface area (Å²) in [5, 5.41) is 0.942. The minimum absolute atomic E-state index is 0.116. The van der Waals surface area contributed by atoms with Crippen molar-refractivity contribution in [3.63, 3.8) is 0 Å². The summed E-state index contributed by atoms with van der Waals surface area (Å²) < 4.78 is 25.4. The summed E-state index contributed by atoms with van der Waals surface area (Å²) in [6, 6.07) is 8.71. The normalized spacial score (nSPS) is 9.84. The zero-order valence-electron chi connectivity index (χ0n) is 11.7. The Morgan fingerprint density at radius 2 is 1.37 bits per heavy atom. The fourth-order valence-electron chi connectivity index (χ4n) is 1.54. The second-order valence-electron chi connectivity index (χ2n) is 4.71. The Balaban J connectivity index is 0.000000191. The molecule has 0 radical (unpaired) electrons.